The molecule has 6 heteroatoms. The molecule has 0 bridgehead atoms. The van der Waals surface area contributed by atoms with Crippen molar-refractivity contribution in [3.05, 3.63) is 39.1 Å². The van der Waals surface area contributed by atoms with Gasteiger partial charge in [-0.05, 0) is 6.92 Å². The highest BCUT2D eigenvalue weighted by atomic mass is 16.3. The van der Waals surface area contributed by atoms with E-state index in [4.69, 9.17) is 0 Å². The molecule has 6 nitrogen and oxygen atoms in total. The lowest BCUT2D eigenvalue weighted by atomic mass is 10.2. The molecule has 0 aliphatic rings. The predicted octanol–water partition coefficient (Wildman–Crippen LogP) is -0.369. The summed E-state index contributed by atoms with van der Waals surface area (Å²) in [5.41, 5.74) is -2.08. The molecule has 0 amide bonds. The molecule has 1 aromatic heterocycles. The van der Waals surface area contributed by atoms with Crippen LogP contribution in [0.2, 0.25) is 0 Å². The number of carbonyl (C=O) groups is 1. The van der Waals surface area contributed by atoms with Gasteiger partial charge in [-0.3, -0.25) is 19.1 Å². The molecule has 0 saturated carbocycles. The molecular formula is C9H10N2O4. The third-order valence-corrected chi connectivity index (χ3v) is 1.84. The molecule has 0 atom stereocenters. The smallest absolute Gasteiger partial charge is 0.331 e. The van der Waals surface area contributed by atoms with Gasteiger partial charge in [0.05, 0.1) is 0 Å². The number of aromatic hydroxyl groups is 1. The molecule has 1 heterocycles. The Morgan fingerprint density at radius 2 is 2.20 bits per heavy atom. The van der Waals surface area contributed by atoms with Crippen LogP contribution in [-0.4, -0.2) is 20.4 Å². The lowest BCUT2D eigenvalue weighted by Crippen LogP contribution is -2.33. The second-order valence-corrected chi connectivity index (χ2v) is 2.91. The maximum Gasteiger partial charge on any atom is 0.331 e. The molecule has 0 spiro atoms. The number of hydrogen-bond donors (Lipinski definition) is 2. The Bertz CT molecular complexity index is 524. The maximum atomic E-state index is 11.2. The number of aromatic amines is 1. The molecule has 1 aromatic rings. The minimum Gasteiger partial charge on any atom is -0.494 e. The van der Waals surface area contributed by atoms with E-state index < -0.39 is 28.5 Å². The first-order chi connectivity index (χ1) is 6.99. The molecular weight excluding hydrogens is 200 g/mol. The Kier molecular flexibility index (Phi) is 2.89. The van der Waals surface area contributed by atoms with Crippen LogP contribution in [0, 0.1) is 0 Å². The van der Waals surface area contributed by atoms with E-state index >= 15 is 0 Å². The molecule has 0 unspecified atom stereocenters. The number of allylic oxidation sites excluding steroid dienone is 1. The van der Waals surface area contributed by atoms with Crippen LogP contribution in [0.15, 0.2) is 22.2 Å². The summed E-state index contributed by atoms with van der Waals surface area (Å²) in [6.07, 6.45) is 1.36. The number of Topliss-reactive ketones (excluding diaryl/α,β-unsaturated/α-hetero) is 1. The van der Waals surface area contributed by atoms with Crippen LogP contribution in [0.5, 0.6) is 5.88 Å². The van der Waals surface area contributed by atoms with E-state index in [1.54, 1.807) is 0 Å². The summed E-state index contributed by atoms with van der Waals surface area (Å²) in [6.45, 7) is 4.53. The maximum absolute atomic E-state index is 11.2. The number of nitrogens with zero attached hydrogens (tertiary/aromatic N) is 1. The third kappa shape index (κ3) is 1.88. The first-order valence-corrected chi connectivity index (χ1v) is 4.17. The second-order valence-electron chi connectivity index (χ2n) is 2.91. The average molecular weight is 210 g/mol. The molecule has 1 rings (SSSR count). The molecule has 0 aliphatic heterocycles. The molecule has 0 aliphatic carbocycles. The number of ketones is 1. The zero-order valence-corrected chi connectivity index (χ0v) is 8.11. The van der Waals surface area contributed by atoms with Gasteiger partial charge in [0.15, 0.2) is 5.78 Å². The average Bonchev–Trinajstić information content (AvgIpc) is 2.11. The van der Waals surface area contributed by atoms with Crippen molar-refractivity contribution in [1.29, 1.82) is 0 Å². The Morgan fingerprint density at radius 1 is 1.60 bits per heavy atom. The van der Waals surface area contributed by atoms with Crippen molar-refractivity contribution in [2.45, 2.75) is 13.5 Å². The van der Waals surface area contributed by atoms with Gasteiger partial charge >= 0.3 is 5.69 Å². The lowest BCUT2D eigenvalue weighted by molar-refractivity contribution is 0.101. The van der Waals surface area contributed by atoms with Crippen molar-refractivity contribution >= 4 is 5.78 Å². The number of rotatable bonds is 3. The van der Waals surface area contributed by atoms with E-state index in [0.29, 0.717) is 0 Å². The van der Waals surface area contributed by atoms with Crippen molar-refractivity contribution in [3.8, 4) is 5.88 Å². The SMILES string of the molecule is C=CCn1c(O)c(C(C)=O)c(=O)[nH]c1=O. The highest BCUT2D eigenvalue weighted by Crippen LogP contribution is 2.09. The molecule has 15 heavy (non-hydrogen) atoms. The number of H-pyrrole nitrogens is 1. The fraction of sp³-hybridized carbons (Fsp3) is 0.222. The highest BCUT2D eigenvalue weighted by molar-refractivity contribution is 5.95. The van der Waals surface area contributed by atoms with Crippen molar-refractivity contribution < 1.29 is 9.90 Å². The van der Waals surface area contributed by atoms with Gasteiger partial charge in [-0.1, -0.05) is 6.08 Å². The topological polar surface area (TPSA) is 92.2 Å². The molecule has 80 valence electrons. The second kappa shape index (κ2) is 3.95. The number of carbonyl (C=O) groups excluding carboxylic acids is 1. The van der Waals surface area contributed by atoms with E-state index in [-0.39, 0.29) is 6.54 Å². The number of hydrogen-bond acceptors (Lipinski definition) is 4. The number of aromatic nitrogens is 2. The van der Waals surface area contributed by atoms with Crippen molar-refractivity contribution in [2.24, 2.45) is 0 Å². The van der Waals surface area contributed by atoms with Crippen molar-refractivity contribution in [2.75, 3.05) is 0 Å². The van der Waals surface area contributed by atoms with E-state index in [9.17, 15) is 19.5 Å². The number of nitrogens with one attached hydrogen (secondary N) is 1. The standard InChI is InChI=1S/C9H10N2O4/c1-3-4-11-8(14)6(5(2)12)7(13)10-9(11)15/h3,14H,1,4H2,2H3,(H,10,13,15). The van der Waals surface area contributed by atoms with Crippen LogP contribution in [0.25, 0.3) is 0 Å². The van der Waals surface area contributed by atoms with Crippen LogP contribution < -0.4 is 11.2 Å². The zero-order chi connectivity index (χ0) is 11.6. The van der Waals surface area contributed by atoms with Crippen LogP contribution in [0.4, 0.5) is 0 Å². The zero-order valence-electron chi connectivity index (χ0n) is 8.11. The van der Waals surface area contributed by atoms with Gasteiger partial charge < -0.3 is 5.11 Å². The Morgan fingerprint density at radius 3 is 2.67 bits per heavy atom. The summed E-state index contributed by atoms with van der Waals surface area (Å²) in [6, 6.07) is 0. The monoisotopic (exact) mass is 210 g/mol. The fourth-order valence-electron chi connectivity index (χ4n) is 1.18. The van der Waals surface area contributed by atoms with Gasteiger partial charge in [-0.2, -0.15) is 0 Å². The van der Waals surface area contributed by atoms with Crippen LogP contribution in [0.1, 0.15) is 17.3 Å². The Balaban J connectivity index is 3.63. The van der Waals surface area contributed by atoms with Crippen LogP contribution >= 0.6 is 0 Å². The first kappa shape index (κ1) is 11.0. The Labute approximate surface area is 84.5 Å². The molecule has 0 aromatic carbocycles. The summed E-state index contributed by atoms with van der Waals surface area (Å²) in [7, 11) is 0. The fourth-order valence-corrected chi connectivity index (χ4v) is 1.18. The Hall–Kier alpha value is -2.11. The van der Waals surface area contributed by atoms with Gasteiger partial charge in [0, 0.05) is 6.54 Å². The van der Waals surface area contributed by atoms with Crippen LogP contribution in [-0.2, 0) is 6.54 Å². The minimum atomic E-state index is -0.884. The van der Waals surface area contributed by atoms with Gasteiger partial charge in [-0.15, -0.1) is 6.58 Å². The molecule has 2 N–H and O–H groups in total. The normalized spacial score (nSPS) is 9.93. The van der Waals surface area contributed by atoms with Gasteiger partial charge in [0.25, 0.3) is 5.56 Å². The van der Waals surface area contributed by atoms with E-state index in [1.807, 2.05) is 4.98 Å². The highest BCUT2D eigenvalue weighted by Gasteiger charge is 2.16. The predicted molar refractivity (Wildman–Crippen MR) is 53.2 cm³/mol. The van der Waals surface area contributed by atoms with E-state index in [0.717, 1.165) is 11.5 Å². The first-order valence-electron chi connectivity index (χ1n) is 4.17. The summed E-state index contributed by atoms with van der Waals surface area (Å²) < 4.78 is 0.852. The minimum absolute atomic E-state index is 0.0156. The van der Waals surface area contributed by atoms with Crippen molar-refractivity contribution in [3.63, 3.8) is 0 Å². The third-order valence-electron chi connectivity index (χ3n) is 1.84. The quantitative estimate of drug-likeness (QED) is 0.526. The summed E-state index contributed by atoms with van der Waals surface area (Å²) >= 11 is 0. The van der Waals surface area contributed by atoms with E-state index in [2.05, 4.69) is 6.58 Å². The van der Waals surface area contributed by atoms with Crippen LogP contribution in [0.3, 0.4) is 0 Å². The molecule has 0 radical (unpaired) electrons. The lowest BCUT2D eigenvalue weighted by Gasteiger charge is -2.06. The van der Waals surface area contributed by atoms with Gasteiger partial charge in [0.1, 0.15) is 5.56 Å². The summed E-state index contributed by atoms with van der Waals surface area (Å²) in [4.78, 5) is 35.4. The van der Waals surface area contributed by atoms with Crippen molar-refractivity contribution in [1.82, 2.24) is 9.55 Å². The van der Waals surface area contributed by atoms with Gasteiger partial charge in [-0.25, -0.2) is 4.79 Å². The molecule has 0 fully saturated rings. The van der Waals surface area contributed by atoms with Gasteiger partial charge in [0.2, 0.25) is 5.88 Å². The molecule has 0 saturated heterocycles. The summed E-state index contributed by atoms with van der Waals surface area (Å²) in [5.74, 6) is -1.23. The largest absolute Gasteiger partial charge is 0.494 e. The summed E-state index contributed by atoms with van der Waals surface area (Å²) in [5, 5.41) is 9.53. The van der Waals surface area contributed by atoms with E-state index in [1.165, 1.54) is 6.08 Å².